The Morgan fingerprint density at radius 3 is 2.40 bits per heavy atom. The lowest BCUT2D eigenvalue weighted by molar-refractivity contribution is 0.112. The van der Waals surface area contributed by atoms with E-state index in [1.165, 1.54) is 19.3 Å². The lowest BCUT2D eigenvalue weighted by atomic mass is 9.79. The van der Waals surface area contributed by atoms with Crippen LogP contribution in [0.5, 0.6) is 0 Å². The Bertz CT molecular complexity index is 181. The molecule has 0 spiro atoms. The van der Waals surface area contributed by atoms with E-state index in [4.69, 9.17) is 0 Å². The van der Waals surface area contributed by atoms with E-state index in [9.17, 15) is 5.11 Å². The van der Waals surface area contributed by atoms with Crippen molar-refractivity contribution in [1.29, 1.82) is 0 Å². The third-order valence-electron chi connectivity index (χ3n) is 3.98. The number of aliphatic hydroxyl groups is 1. The Kier molecular flexibility index (Phi) is 5.07. The molecule has 0 amide bonds. The van der Waals surface area contributed by atoms with Gasteiger partial charge in [0.2, 0.25) is 0 Å². The summed E-state index contributed by atoms with van der Waals surface area (Å²) < 4.78 is 0. The molecular formula is C13H27NO. The quantitative estimate of drug-likeness (QED) is 0.751. The fourth-order valence-electron chi connectivity index (χ4n) is 2.26. The number of nitrogens with one attached hydrogen (secondary N) is 1. The molecule has 0 aliphatic heterocycles. The summed E-state index contributed by atoms with van der Waals surface area (Å²) in [4.78, 5) is 0. The zero-order valence-electron chi connectivity index (χ0n) is 10.7. The predicted octanol–water partition coefficient (Wildman–Crippen LogP) is 2.42. The fourth-order valence-corrected chi connectivity index (χ4v) is 2.26. The summed E-state index contributed by atoms with van der Waals surface area (Å²) in [5.41, 5.74) is 0. The molecule has 4 atom stereocenters. The molecule has 15 heavy (non-hydrogen) atoms. The van der Waals surface area contributed by atoms with Gasteiger partial charge in [0.1, 0.15) is 0 Å². The largest absolute Gasteiger partial charge is 0.392 e. The highest BCUT2D eigenvalue weighted by molar-refractivity contribution is 4.80. The van der Waals surface area contributed by atoms with Gasteiger partial charge in [-0.3, -0.25) is 0 Å². The fraction of sp³-hybridized carbons (Fsp3) is 1.00. The van der Waals surface area contributed by atoms with Crippen LogP contribution in [0.4, 0.5) is 0 Å². The first-order valence-electron chi connectivity index (χ1n) is 6.42. The summed E-state index contributed by atoms with van der Waals surface area (Å²) in [6.45, 7) is 9.58. The van der Waals surface area contributed by atoms with E-state index in [2.05, 4.69) is 33.0 Å². The van der Waals surface area contributed by atoms with Crippen LogP contribution in [0.1, 0.15) is 47.0 Å². The second-order valence-corrected chi connectivity index (χ2v) is 5.68. The highest BCUT2D eigenvalue weighted by Crippen LogP contribution is 2.29. The molecule has 0 aromatic carbocycles. The molecule has 2 heteroatoms. The molecule has 0 heterocycles. The average Bonchev–Trinajstić information content (AvgIpc) is 2.19. The maximum Gasteiger partial charge on any atom is 0.0687 e. The average molecular weight is 213 g/mol. The van der Waals surface area contributed by atoms with Crippen molar-refractivity contribution in [2.45, 2.75) is 59.1 Å². The molecule has 1 aliphatic rings. The molecule has 4 unspecified atom stereocenters. The van der Waals surface area contributed by atoms with Gasteiger partial charge in [0, 0.05) is 12.6 Å². The topological polar surface area (TPSA) is 32.3 Å². The third kappa shape index (κ3) is 4.12. The molecule has 1 saturated carbocycles. The maximum absolute atomic E-state index is 9.71. The molecular weight excluding hydrogens is 186 g/mol. The third-order valence-corrected chi connectivity index (χ3v) is 3.98. The number of rotatable bonds is 4. The van der Waals surface area contributed by atoms with Crippen LogP contribution in [0.15, 0.2) is 0 Å². The van der Waals surface area contributed by atoms with Gasteiger partial charge in [0.05, 0.1) is 6.10 Å². The van der Waals surface area contributed by atoms with Crippen LogP contribution in [-0.4, -0.2) is 23.8 Å². The van der Waals surface area contributed by atoms with Crippen LogP contribution in [-0.2, 0) is 0 Å². The van der Waals surface area contributed by atoms with Gasteiger partial charge in [-0.1, -0.05) is 27.7 Å². The Morgan fingerprint density at radius 2 is 1.87 bits per heavy atom. The minimum absolute atomic E-state index is 0.195. The van der Waals surface area contributed by atoms with Crippen molar-refractivity contribution in [2.75, 3.05) is 6.54 Å². The van der Waals surface area contributed by atoms with Gasteiger partial charge in [-0.05, 0) is 37.0 Å². The molecule has 2 N–H and O–H groups in total. The first kappa shape index (κ1) is 13.0. The first-order valence-corrected chi connectivity index (χ1v) is 6.42. The van der Waals surface area contributed by atoms with Crippen molar-refractivity contribution >= 4 is 0 Å². The Morgan fingerprint density at radius 1 is 1.20 bits per heavy atom. The molecule has 0 radical (unpaired) electrons. The van der Waals surface area contributed by atoms with Gasteiger partial charge < -0.3 is 10.4 Å². The standard InChI is InChI=1S/C13H27NO/c1-9(2)13(15)8-14-12-6-5-10(3)11(4)7-12/h9-15H,5-8H2,1-4H3. The van der Waals surface area contributed by atoms with Crippen LogP contribution in [0.25, 0.3) is 0 Å². The highest BCUT2D eigenvalue weighted by Gasteiger charge is 2.24. The Balaban J connectivity index is 2.22. The van der Waals surface area contributed by atoms with Crippen molar-refractivity contribution in [2.24, 2.45) is 17.8 Å². The Labute approximate surface area is 94.5 Å². The van der Waals surface area contributed by atoms with E-state index in [1.807, 2.05) is 0 Å². The van der Waals surface area contributed by atoms with Crippen molar-refractivity contribution < 1.29 is 5.11 Å². The van der Waals surface area contributed by atoms with Crippen LogP contribution in [0, 0.1) is 17.8 Å². The normalized spacial score (nSPS) is 34.4. The van der Waals surface area contributed by atoms with Crippen LogP contribution in [0.2, 0.25) is 0 Å². The summed E-state index contributed by atoms with van der Waals surface area (Å²) in [6, 6.07) is 0.629. The maximum atomic E-state index is 9.71. The van der Waals surface area contributed by atoms with E-state index < -0.39 is 0 Å². The summed E-state index contributed by atoms with van der Waals surface area (Å²) in [5.74, 6) is 2.06. The van der Waals surface area contributed by atoms with Crippen molar-refractivity contribution in [3.05, 3.63) is 0 Å². The second kappa shape index (κ2) is 5.86. The molecule has 1 fully saturated rings. The first-order chi connectivity index (χ1) is 7.00. The van der Waals surface area contributed by atoms with Gasteiger partial charge in [-0.25, -0.2) is 0 Å². The van der Waals surface area contributed by atoms with Gasteiger partial charge in [-0.15, -0.1) is 0 Å². The van der Waals surface area contributed by atoms with Gasteiger partial charge in [0.15, 0.2) is 0 Å². The van der Waals surface area contributed by atoms with Crippen LogP contribution < -0.4 is 5.32 Å². The molecule has 0 bridgehead atoms. The zero-order chi connectivity index (χ0) is 11.4. The van der Waals surface area contributed by atoms with Gasteiger partial charge in [0.25, 0.3) is 0 Å². The summed E-state index contributed by atoms with van der Waals surface area (Å²) >= 11 is 0. The van der Waals surface area contributed by atoms with Gasteiger partial charge in [-0.2, -0.15) is 0 Å². The van der Waals surface area contributed by atoms with E-state index in [0.29, 0.717) is 12.0 Å². The molecule has 1 aliphatic carbocycles. The van der Waals surface area contributed by atoms with Crippen LogP contribution >= 0.6 is 0 Å². The molecule has 0 saturated heterocycles. The van der Waals surface area contributed by atoms with Crippen molar-refractivity contribution in [1.82, 2.24) is 5.32 Å². The summed E-state index contributed by atoms with van der Waals surface area (Å²) in [6.07, 6.45) is 3.68. The van der Waals surface area contributed by atoms with E-state index in [-0.39, 0.29) is 6.10 Å². The monoisotopic (exact) mass is 213 g/mol. The summed E-state index contributed by atoms with van der Waals surface area (Å²) in [7, 11) is 0. The molecule has 0 aromatic rings. The minimum atomic E-state index is -0.195. The highest BCUT2D eigenvalue weighted by atomic mass is 16.3. The number of hydrogen-bond donors (Lipinski definition) is 2. The van der Waals surface area contributed by atoms with Crippen molar-refractivity contribution in [3.8, 4) is 0 Å². The molecule has 90 valence electrons. The lowest BCUT2D eigenvalue weighted by Crippen LogP contribution is -2.41. The number of hydrogen-bond acceptors (Lipinski definition) is 2. The molecule has 1 rings (SSSR count). The van der Waals surface area contributed by atoms with Crippen LogP contribution in [0.3, 0.4) is 0 Å². The van der Waals surface area contributed by atoms with E-state index in [0.717, 1.165) is 18.4 Å². The second-order valence-electron chi connectivity index (χ2n) is 5.68. The smallest absolute Gasteiger partial charge is 0.0687 e. The number of aliphatic hydroxyl groups excluding tert-OH is 1. The van der Waals surface area contributed by atoms with Crippen molar-refractivity contribution in [3.63, 3.8) is 0 Å². The van der Waals surface area contributed by atoms with E-state index >= 15 is 0 Å². The minimum Gasteiger partial charge on any atom is -0.392 e. The SMILES string of the molecule is CC(C)C(O)CNC1CCC(C)C(C)C1. The Hall–Kier alpha value is -0.0800. The molecule has 2 nitrogen and oxygen atoms in total. The van der Waals surface area contributed by atoms with Gasteiger partial charge >= 0.3 is 0 Å². The molecule has 0 aromatic heterocycles. The zero-order valence-corrected chi connectivity index (χ0v) is 10.7. The summed E-state index contributed by atoms with van der Waals surface area (Å²) in [5, 5.41) is 13.2. The lowest BCUT2D eigenvalue weighted by Gasteiger charge is -2.33. The van der Waals surface area contributed by atoms with E-state index in [1.54, 1.807) is 0 Å². The predicted molar refractivity (Wildman–Crippen MR) is 64.8 cm³/mol.